The number of piperazine rings is 1. The van der Waals surface area contributed by atoms with Crippen LogP contribution in [0.5, 0.6) is 0 Å². The molecule has 164 valence electrons. The lowest BCUT2D eigenvalue weighted by Gasteiger charge is -2.33. The third-order valence-electron chi connectivity index (χ3n) is 6.04. The Bertz CT molecular complexity index is 1230. The molecule has 0 aliphatic carbocycles. The summed E-state index contributed by atoms with van der Waals surface area (Å²) >= 11 is 0. The van der Waals surface area contributed by atoms with E-state index in [9.17, 15) is 4.79 Å². The smallest absolute Gasteiger partial charge is 0.251 e. The summed E-state index contributed by atoms with van der Waals surface area (Å²) in [6.07, 6.45) is 2.21. The number of carbonyl (C=O) groups is 1. The first-order valence-corrected chi connectivity index (χ1v) is 11.0. The van der Waals surface area contributed by atoms with E-state index < -0.39 is 0 Å². The molecule has 1 unspecified atom stereocenters. The zero-order valence-corrected chi connectivity index (χ0v) is 18.4. The van der Waals surface area contributed by atoms with Crippen LogP contribution in [0.3, 0.4) is 0 Å². The molecule has 1 aliphatic rings. The molecule has 7 heteroatoms. The molecule has 0 bridgehead atoms. The summed E-state index contributed by atoms with van der Waals surface area (Å²) in [6.45, 7) is 5.87. The number of nitrogens with one attached hydrogen (secondary N) is 1. The Morgan fingerprint density at radius 1 is 1.09 bits per heavy atom. The van der Waals surface area contributed by atoms with Crippen molar-refractivity contribution in [3.8, 4) is 0 Å². The van der Waals surface area contributed by atoms with Gasteiger partial charge >= 0.3 is 0 Å². The summed E-state index contributed by atoms with van der Waals surface area (Å²) in [7, 11) is 2.13. The van der Waals surface area contributed by atoms with E-state index in [-0.39, 0.29) is 11.9 Å². The Morgan fingerprint density at radius 3 is 2.72 bits per heavy atom. The van der Waals surface area contributed by atoms with Crippen LogP contribution in [0.4, 0.5) is 5.82 Å². The normalized spacial score (nSPS) is 15.9. The SMILES string of the molecule is CC(Cc1cc2ccccc2o1)NC(=O)c1ccc2c(N3CCN(C)CC3)ncnc2c1. The van der Waals surface area contributed by atoms with Gasteiger partial charge in [0.1, 0.15) is 23.5 Å². The van der Waals surface area contributed by atoms with E-state index in [0.717, 1.165) is 59.6 Å². The number of rotatable bonds is 5. The van der Waals surface area contributed by atoms with Crippen molar-refractivity contribution in [3.05, 3.63) is 66.2 Å². The molecule has 1 amide bonds. The molecule has 1 saturated heterocycles. The number of furan rings is 1. The minimum Gasteiger partial charge on any atom is -0.461 e. The Hall–Kier alpha value is -3.45. The van der Waals surface area contributed by atoms with Crippen molar-refractivity contribution >= 4 is 33.6 Å². The van der Waals surface area contributed by atoms with Gasteiger partial charge in [-0.2, -0.15) is 0 Å². The topological polar surface area (TPSA) is 74.5 Å². The van der Waals surface area contributed by atoms with E-state index >= 15 is 0 Å². The zero-order valence-electron chi connectivity index (χ0n) is 18.4. The maximum Gasteiger partial charge on any atom is 0.251 e. The molecule has 7 nitrogen and oxygen atoms in total. The molecule has 0 radical (unpaired) electrons. The molecule has 5 rings (SSSR count). The predicted molar refractivity (Wildman–Crippen MR) is 126 cm³/mol. The lowest BCUT2D eigenvalue weighted by molar-refractivity contribution is 0.0939. The van der Waals surface area contributed by atoms with Crippen molar-refractivity contribution in [1.82, 2.24) is 20.2 Å². The van der Waals surface area contributed by atoms with Crippen LogP contribution in [0.15, 0.2) is 59.3 Å². The fraction of sp³-hybridized carbons (Fsp3) is 0.320. The van der Waals surface area contributed by atoms with Crippen LogP contribution >= 0.6 is 0 Å². The molecule has 1 aliphatic heterocycles. The highest BCUT2D eigenvalue weighted by Crippen LogP contribution is 2.25. The molecular formula is C25H27N5O2. The van der Waals surface area contributed by atoms with E-state index in [1.165, 1.54) is 0 Å². The maximum atomic E-state index is 12.9. The van der Waals surface area contributed by atoms with Gasteiger partial charge < -0.3 is 19.5 Å². The standard InChI is InChI=1S/C25H27N5O2/c1-17(13-20-14-18-5-3-4-6-23(18)32-20)28-25(31)19-7-8-21-22(15-19)26-16-27-24(21)30-11-9-29(2)10-12-30/h3-8,14-17H,9-13H2,1-2H3,(H,28,31). The van der Waals surface area contributed by atoms with E-state index in [0.29, 0.717) is 12.0 Å². The van der Waals surface area contributed by atoms with Crippen LogP contribution in [0.2, 0.25) is 0 Å². The summed E-state index contributed by atoms with van der Waals surface area (Å²) in [5.41, 5.74) is 2.25. The van der Waals surface area contributed by atoms with Gasteiger partial charge in [0.05, 0.1) is 5.52 Å². The minimum atomic E-state index is -0.115. The summed E-state index contributed by atoms with van der Waals surface area (Å²) in [5.74, 6) is 1.69. The molecule has 1 atom stereocenters. The van der Waals surface area contributed by atoms with Gasteiger partial charge in [0.15, 0.2) is 0 Å². The number of hydrogen-bond donors (Lipinski definition) is 1. The van der Waals surface area contributed by atoms with Gasteiger partial charge in [-0.1, -0.05) is 18.2 Å². The summed E-state index contributed by atoms with van der Waals surface area (Å²) in [4.78, 5) is 26.4. The summed E-state index contributed by atoms with van der Waals surface area (Å²) in [5, 5.41) is 5.13. The van der Waals surface area contributed by atoms with E-state index in [1.807, 2.05) is 55.5 Å². The number of para-hydroxylation sites is 1. The number of fused-ring (bicyclic) bond motifs is 2. The summed E-state index contributed by atoms with van der Waals surface area (Å²) in [6, 6.07) is 15.6. The van der Waals surface area contributed by atoms with Crippen LogP contribution in [0.25, 0.3) is 21.9 Å². The Morgan fingerprint density at radius 2 is 1.91 bits per heavy atom. The number of carbonyl (C=O) groups excluding carboxylic acids is 1. The third-order valence-corrected chi connectivity index (χ3v) is 6.04. The van der Waals surface area contributed by atoms with Crippen molar-refractivity contribution < 1.29 is 9.21 Å². The average Bonchev–Trinajstić information content (AvgIpc) is 3.21. The van der Waals surface area contributed by atoms with Crippen LogP contribution < -0.4 is 10.2 Å². The molecular weight excluding hydrogens is 402 g/mol. The van der Waals surface area contributed by atoms with Gasteiger partial charge in [-0.25, -0.2) is 9.97 Å². The predicted octanol–water partition coefficient (Wildman–Crippen LogP) is 3.49. The Kier molecular flexibility index (Phi) is 5.49. The number of hydrogen-bond acceptors (Lipinski definition) is 6. The van der Waals surface area contributed by atoms with Crippen LogP contribution in [0, 0.1) is 0 Å². The highest BCUT2D eigenvalue weighted by atomic mass is 16.3. The van der Waals surface area contributed by atoms with Crippen LogP contribution in [0.1, 0.15) is 23.0 Å². The van der Waals surface area contributed by atoms with Crippen molar-refractivity contribution in [1.29, 1.82) is 0 Å². The van der Waals surface area contributed by atoms with Crippen molar-refractivity contribution in [3.63, 3.8) is 0 Å². The largest absolute Gasteiger partial charge is 0.461 e. The second-order valence-corrected chi connectivity index (χ2v) is 8.55. The first-order valence-electron chi connectivity index (χ1n) is 11.0. The monoisotopic (exact) mass is 429 g/mol. The van der Waals surface area contributed by atoms with Crippen molar-refractivity contribution in [2.75, 3.05) is 38.1 Å². The lowest BCUT2D eigenvalue weighted by Crippen LogP contribution is -2.44. The Labute approximate surface area is 187 Å². The fourth-order valence-corrected chi connectivity index (χ4v) is 4.25. The molecule has 2 aromatic heterocycles. The number of nitrogens with zero attached hydrogens (tertiary/aromatic N) is 4. The molecule has 2 aromatic carbocycles. The zero-order chi connectivity index (χ0) is 22.1. The first-order chi connectivity index (χ1) is 15.6. The number of benzene rings is 2. The molecule has 1 fully saturated rings. The van der Waals surface area contributed by atoms with E-state index in [2.05, 4.69) is 32.1 Å². The molecule has 3 heterocycles. The van der Waals surface area contributed by atoms with E-state index in [4.69, 9.17) is 4.42 Å². The number of aromatic nitrogens is 2. The number of anilines is 1. The van der Waals surface area contributed by atoms with Gasteiger partial charge in [0, 0.05) is 55.0 Å². The third kappa shape index (κ3) is 4.16. The van der Waals surface area contributed by atoms with Crippen molar-refractivity contribution in [2.24, 2.45) is 0 Å². The first kappa shape index (κ1) is 20.5. The highest BCUT2D eigenvalue weighted by Gasteiger charge is 2.19. The van der Waals surface area contributed by atoms with Gasteiger partial charge in [0.2, 0.25) is 0 Å². The average molecular weight is 430 g/mol. The second-order valence-electron chi connectivity index (χ2n) is 8.55. The summed E-state index contributed by atoms with van der Waals surface area (Å²) < 4.78 is 5.89. The van der Waals surface area contributed by atoms with Gasteiger partial charge in [0.25, 0.3) is 5.91 Å². The minimum absolute atomic E-state index is 0.0648. The number of likely N-dealkylation sites (N-methyl/N-ethyl adjacent to an activating group) is 1. The Balaban J connectivity index is 1.30. The maximum absolute atomic E-state index is 12.9. The fourth-order valence-electron chi connectivity index (χ4n) is 4.25. The van der Waals surface area contributed by atoms with Crippen LogP contribution in [-0.4, -0.2) is 60.0 Å². The van der Waals surface area contributed by atoms with Crippen molar-refractivity contribution in [2.45, 2.75) is 19.4 Å². The molecule has 32 heavy (non-hydrogen) atoms. The highest BCUT2D eigenvalue weighted by molar-refractivity contribution is 6.00. The van der Waals surface area contributed by atoms with Gasteiger partial charge in [-0.15, -0.1) is 0 Å². The van der Waals surface area contributed by atoms with Gasteiger partial charge in [-0.3, -0.25) is 4.79 Å². The lowest BCUT2D eigenvalue weighted by atomic mass is 10.1. The van der Waals surface area contributed by atoms with Crippen LogP contribution in [-0.2, 0) is 6.42 Å². The van der Waals surface area contributed by atoms with Gasteiger partial charge in [-0.05, 0) is 44.3 Å². The molecule has 0 saturated carbocycles. The number of amides is 1. The second kappa shape index (κ2) is 8.59. The molecule has 4 aromatic rings. The molecule has 0 spiro atoms. The molecule has 1 N–H and O–H groups in total. The quantitative estimate of drug-likeness (QED) is 0.524. The van der Waals surface area contributed by atoms with E-state index in [1.54, 1.807) is 6.33 Å².